The Kier molecular flexibility index (Phi) is 6.22. The van der Waals surface area contributed by atoms with Gasteiger partial charge in [0.2, 0.25) is 0 Å². The molecular weight excluding hydrogens is 381 g/mol. The Morgan fingerprint density at radius 2 is 1.86 bits per heavy atom. The van der Waals surface area contributed by atoms with Gasteiger partial charge >= 0.3 is 6.18 Å². The van der Waals surface area contributed by atoms with Gasteiger partial charge in [0.15, 0.2) is 0 Å². The van der Waals surface area contributed by atoms with E-state index in [-0.39, 0.29) is 0 Å². The zero-order chi connectivity index (χ0) is 21.2. The number of alkyl halides is 3. The molecule has 1 N–H and O–H groups in total. The number of hydrogen-bond donors (Lipinski definition) is 1. The van der Waals surface area contributed by atoms with Crippen LogP contribution in [-0.2, 0) is 24.9 Å². The summed E-state index contributed by atoms with van der Waals surface area (Å²) in [6.45, 7) is 4.24. The summed E-state index contributed by atoms with van der Waals surface area (Å²) < 4.78 is 44.8. The number of ether oxygens (including phenoxy) is 1. The van der Waals surface area contributed by atoms with Crippen LogP contribution in [-0.4, -0.2) is 48.7 Å². The standard InChI is InChI=1S/C22H27F3N2O2/c1-21(28,15-26(2)3)18-7-8-20-17(12-18)14-27(9-10-29-20)13-16-5-4-6-19(11-16)22(23,24)25/h4-8,11-12,28H,9-10,13-15H2,1-3H3/t21-/m1/s1. The zero-order valence-corrected chi connectivity index (χ0v) is 17.0. The number of hydrogen-bond acceptors (Lipinski definition) is 4. The quantitative estimate of drug-likeness (QED) is 0.815. The molecule has 0 amide bonds. The van der Waals surface area contributed by atoms with E-state index in [4.69, 9.17) is 4.74 Å². The number of halogens is 3. The molecule has 0 saturated heterocycles. The molecular formula is C22H27F3N2O2. The van der Waals surface area contributed by atoms with Crippen LogP contribution in [0.5, 0.6) is 5.75 Å². The minimum Gasteiger partial charge on any atom is -0.492 e. The maximum absolute atomic E-state index is 13.0. The Balaban J connectivity index is 1.80. The van der Waals surface area contributed by atoms with Crippen LogP contribution in [0.1, 0.15) is 29.2 Å². The molecule has 0 fully saturated rings. The summed E-state index contributed by atoms with van der Waals surface area (Å²) in [4.78, 5) is 3.98. The number of benzene rings is 2. The van der Waals surface area contributed by atoms with Crippen molar-refractivity contribution in [1.82, 2.24) is 9.80 Å². The van der Waals surface area contributed by atoms with Crippen LogP contribution in [0.3, 0.4) is 0 Å². The first-order valence-corrected chi connectivity index (χ1v) is 9.56. The van der Waals surface area contributed by atoms with E-state index in [1.54, 1.807) is 13.0 Å². The molecule has 1 aliphatic rings. The summed E-state index contributed by atoms with van der Waals surface area (Å²) in [5.41, 5.74) is 0.666. The SMILES string of the molecule is CN(C)C[C@@](C)(O)c1ccc2c(c1)CN(Cc1cccc(C(F)(F)F)c1)CCO2. The maximum atomic E-state index is 13.0. The predicted molar refractivity (Wildman–Crippen MR) is 106 cm³/mol. The lowest BCUT2D eigenvalue weighted by atomic mass is 9.93. The minimum absolute atomic E-state index is 0.394. The highest BCUT2D eigenvalue weighted by Gasteiger charge is 2.30. The molecule has 0 bridgehead atoms. The van der Waals surface area contributed by atoms with Gasteiger partial charge in [-0.2, -0.15) is 13.2 Å². The van der Waals surface area contributed by atoms with Crippen molar-refractivity contribution in [2.75, 3.05) is 33.8 Å². The normalized spacial score (nSPS) is 17.4. The summed E-state index contributed by atoms with van der Waals surface area (Å²) >= 11 is 0. The number of rotatable bonds is 5. The molecule has 1 heterocycles. The largest absolute Gasteiger partial charge is 0.492 e. The summed E-state index contributed by atoms with van der Waals surface area (Å²) in [7, 11) is 3.80. The van der Waals surface area contributed by atoms with Gasteiger partial charge in [-0.3, -0.25) is 4.90 Å². The third kappa shape index (κ3) is 5.50. The summed E-state index contributed by atoms with van der Waals surface area (Å²) in [5, 5.41) is 10.8. The molecule has 2 aromatic carbocycles. The molecule has 0 saturated carbocycles. The highest BCUT2D eigenvalue weighted by molar-refractivity contribution is 5.40. The molecule has 0 spiro atoms. The van der Waals surface area contributed by atoms with Crippen molar-refractivity contribution in [1.29, 1.82) is 0 Å². The van der Waals surface area contributed by atoms with Gasteiger partial charge in [0.1, 0.15) is 12.4 Å². The van der Waals surface area contributed by atoms with E-state index >= 15 is 0 Å². The molecule has 0 unspecified atom stereocenters. The first-order chi connectivity index (χ1) is 13.5. The Morgan fingerprint density at radius 1 is 1.10 bits per heavy atom. The first kappa shape index (κ1) is 21.6. The average Bonchev–Trinajstić information content (AvgIpc) is 2.81. The molecule has 2 aromatic rings. The van der Waals surface area contributed by atoms with E-state index in [2.05, 4.69) is 4.90 Å². The van der Waals surface area contributed by atoms with Crippen molar-refractivity contribution >= 4 is 0 Å². The second-order valence-corrected chi connectivity index (χ2v) is 8.09. The monoisotopic (exact) mass is 408 g/mol. The van der Waals surface area contributed by atoms with Gasteiger partial charge in [-0.25, -0.2) is 0 Å². The molecule has 4 nitrogen and oxygen atoms in total. The van der Waals surface area contributed by atoms with Gasteiger partial charge in [-0.1, -0.05) is 24.3 Å². The molecule has 1 atom stereocenters. The molecule has 0 radical (unpaired) electrons. The fraction of sp³-hybridized carbons (Fsp3) is 0.455. The third-order valence-electron chi connectivity index (χ3n) is 5.03. The van der Waals surface area contributed by atoms with E-state index in [9.17, 15) is 18.3 Å². The number of aliphatic hydroxyl groups is 1. The lowest BCUT2D eigenvalue weighted by molar-refractivity contribution is -0.137. The first-order valence-electron chi connectivity index (χ1n) is 9.56. The fourth-order valence-corrected chi connectivity index (χ4v) is 3.73. The Hall–Kier alpha value is -2.09. The second kappa shape index (κ2) is 8.34. The highest BCUT2D eigenvalue weighted by atomic mass is 19.4. The number of fused-ring (bicyclic) bond motifs is 1. The highest BCUT2D eigenvalue weighted by Crippen LogP contribution is 2.32. The molecule has 3 rings (SSSR count). The lowest BCUT2D eigenvalue weighted by Gasteiger charge is -2.28. The van der Waals surface area contributed by atoms with Gasteiger partial charge < -0.3 is 14.7 Å². The predicted octanol–water partition coefficient (Wildman–Crippen LogP) is 3.87. The third-order valence-corrected chi connectivity index (χ3v) is 5.03. The van der Waals surface area contributed by atoms with Crippen molar-refractivity contribution in [3.63, 3.8) is 0 Å². The topological polar surface area (TPSA) is 35.9 Å². The van der Waals surface area contributed by atoms with Gasteiger partial charge in [0.05, 0.1) is 11.2 Å². The van der Waals surface area contributed by atoms with Crippen LogP contribution in [0.15, 0.2) is 42.5 Å². The van der Waals surface area contributed by atoms with Crippen LogP contribution < -0.4 is 4.74 Å². The number of nitrogens with zero attached hydrogens (tertiary/aromatic N) is 2. The molecule has 0 aliphatic carbocycles. The van der Waals surface area contributed by atoms with Crippen LogP contribution >= 0.6 is 0 Å². The molecule has 7 heteroatoms. The number of likely N-dealkylation sites (N-methyl/N-ethyl adjacent to an activating group) is 1. The minimum atomic E-state index is -4.35. The maximum Gasteiger partial charge on any atom is 0.416 e. The Morgan fingerprint density at radius 3 is 2.55 bits per heavy atom. The zero-order valence-electron chi connectivity index (χ0n) is 17.0. The molecule has 29 heavy (non-hydrogen) atoms. The smallest absolute Gasteiger partial charge is 0.416 e. The van der Waals surface area contributed by atoms with Crippen molar-refractivity contribution < 1.29 is 23.0 Å². The van der Waals surface area contributed by atoms with Gasteiger partial charge in [0, 0.05) is 31.7 Å². The van der Waals surface area contributed by atoms with Gasteiger partial charge in [0.25, 0.3) is 0 Å². The van der Waals surface area contributed by atoms with Crippen LogP contribution in [0.25, 0.3) is 0 Å². The molecule has 0 aromatic heterocycles. The Labute approximate surface area is 169 Å². The molecule has 158 valence electrons. The summed E-state index contributed by atoms with van der Waals surface area (Å²) in [5.74, 6) is 0.751. The van der Waals surface area contributed by atoms with Crippen LogP contribution in [0, 0.1) is 0 Å². The van der Waals surface area contributed by atoms with E-state index in [0.717, 1.165) is 22.9 Å². The van der Waals surface area contributed by atoms with Crippen LogP contribution in [0.4, 0.5) is 13.2 Å². The second-order valence-electron chi connectivity index (χ2n) is 8.09. The van der Waals surface area contributed by atoms with E-state index in [0.29, 0.717) is 38.3 Å². The van der Waals surface area contributed by atoms with E-state index < -0.39 is 17.3 Å². The van der Waals surface area contributed by atoms with Crippen molar-refractivity contribution in [2.45, 2.75) is 31.8 Å². The summed E-state index contributed by atoms with van der Waals surface area (Å²) in [6, 6.07) is 11.1. The van der Waals surface area contributed by atoms with Gasteiger partial charge in [-0.15, -0.1) is 0 Å². The van der Waals surface area contributed by atoms with Crippen molar-refractivity contribution in [3.8, 4) is 5.75 Å². The summed E-state index contributed by atoms with van der Waals surface area (Å²) in [6.07, 6.45) is -4.35. The van der Waals surface area contributed by atoms with Crippen molar-refractivity contribution in [3.05, 3.63) is 64.7 Å². The van der Waals surface area contributed by atoms with Crippen LogP contribution in [0.2, 0.25) is 0 Å². The van der Waals surface area contributed by atoms with Crippen molar-refractivity contribution in [2.24, 2.45) is 0 Å². The van der Waals surface area contributed by atoms with Gasteiger partial charge in [-0.05, 0) is 50.3 Å². The molecule has 1 aliphatic heterocycles. The fourth-order valence-electron chi connectivity index (χ4n) is 3.73. The lowest BCUT2D eigenvalue weighted by Crippen LogP contribution is -2.34. The Bertz CT molecular complexity index is 850. The van der Waals surface area contributed by atoms with E-state index in [1.807, 2.05) is 37.2 Å². The van der Waals surface area contributed by atoms with E-state index in [1.165, 1.54) is 12.1 Å². The average molecular weight is 408 g/mol.